The van der Waals surface area contributed by atoms with Crippen LogP contribution >= 0.6 is 0 Å². The number of carbonyl (C=O) groups excluding carboxylic acids is 1. The second kappa shape index (κ2) is 6.99. The van der Waals surface area contributed by atoms with E-state index < -0.39 is 5.41 Å². The summed E-state index contributed by atoms with van der Waals surface area (Å²) in [5.41, 5.74) is 7.87. The van der Waals surface area contributed by atoms with E-state index in [0.29, 0.717) is 6.42 Å². The number of nitrogens with zero attached hydrogens (tertiary/aromatic N) is 4. The molecule has 0 bridgehead atoms. The largest absolute Gasteiger partial charge is 0.362 e. The molecule has 166 valence electrons. The molecule has 1 unspecified atom stereocenters. The van der Waals surface area contributed by atoms with Crippen LogP contribution in [0.3, 0.4) is 0 Å². The highest BCUT2D eigenvalue weighted by Gasteiger charge is 2.53. The number of aromatic nitrogens is 2. The van der Waals surface area contributed by atoms with Crippen molar-refractivity contribution in [1.82, 2.24) is 15.1 Å². The molecule has 0 saturated carbocycles. The van der Waals surface area contributed by atoms with Crippen LogP contribution in [0.5, 0.6) is 0 Å². The molecule has 2 aromatic rings. The average molecular weight is 430 g/mol. The molecular weight excluding hydrogens is 398 g/mol. The zero-order chi connectivity index (χ0) is 22.8. The summed E-state index contributed by atoms with van der Waals surface area (Å²) in [4.78, 5) is 13.7. The van der Waals surface area contributed by atoms with Gasteiger partial charge in [0.2, 0.25) is 0 Å². The molecule has 32 heavy (non-hydrogen) atoms. The van der Waals surface area contributed by atoms with Crippen molar-refractivity contribution >= 4 is 5.78 Å². The first kappa shape index (κ1) is 20.9. The Morgan fingerprint density at radius 1 is 1.22 bits per heavy atom. The summed E-state index contributed by atoms with van der Waals surface area (Å²) in [5.74, 6) is 0.235. The fraction of sp³-hybridized carbons (Fsp3) is 0.462. The third kappa shape index (κ3) is 2.85. The normalized spacial score (nSPS) is 26.3. The van der Waals surface area contributed by atoms with Crippen LogP contribution in [0.1, 0.15) is 58.2 Å². The number of allylic oxidation sites excluding steroid dienone is 3. The summed E-state index contributed by atoms with van der Waals surface area (Å²) in [7, 11) is 1.96. The van der Waals surface area contributed by atoms with Crippen molar-refractivity contribution in [3.63, 3.8) is 0 Å². The number of rotatable bonds is 3. The Balaban J connectivity index is 1.78. The van der Waals surface area contributed by atoms with Crippen molar-refractivity contribution in [2.75, 3.05) is 0 Å². The lowest BCUT2D eigenvalue weighted by atomic mass is 9.58. The number of Topliss-reactive ketones (excluding diaryl/α,β-unsaturated/α-hetero) is 1. The number of nitrogens with one attached hydrogen (secondary N) is 1. The van der Waals surface area contributed by atoms with E-state index in [9.17, 15) is 4.79 Å². The third-order valence-corrected chi connectivity index (χ3v) is 7.49. The van der Waals surface area contributed by atoms with E-state index in [2.05, 4.69) is 72.6 Å². The highest BCUT2D eigenvalue weighted by Crippen LogP contribution is 2.55. The quantitative estimate of drug-likeness (QED) is 0.714. The van der Waals surface area contributed by atoms with Crippen molar-refractivity contribution in [3.05, 3.63) is 64.3 Å². The Bertz CT molecular complexity index is 1230. The molecule has 0 spiro atoms. The van der Waals surface area contributed by atoms with Crippen molar-refractivity contribution in [2.45, 2.75) is 65.5 Å². The van der Waals surface area contributed by atoms with Gasteiger partial charge in [0.25, 0.3) is 0 Å². The van der Waals surface area contributed by atoms with Gasteiger partial charge in [-0.15, -0.1) is 0 Å². The van der Waals surface area contributed by atoms with Gasteiger partial charge in [0.1, 0.15) is 0 Å². The van der Waals surface area contributed by atoms with Crippen molar-refractivity contribution in [1.29, 1.82) is 0 Å². The fourth-order valence-corrected chi connectivity index (χ4v) is 5.94. The minimum Gasteiger partial charge on any atom is -0.362 e. The molecule has 0 fully saturated rings. The summed E-state index contributed by atoms with van der Waals surface area (Å²) < 4.78 is 1.90. The van der Waals surface area contributed by atoms with E-state index in [4.69, 9.17) is 0 Å². The first-order chi connectivity index (χ1) is 15.2. The number of ketones is 1. The molecule has 2 aliphatic heterocycles. The highest BCUT2D eigenvalue weighted by atomic mass is 16.1. The molecule has 0 radical (unpaired) electrons. The minimum absolute atomic E-state index is 0.0664. The summed E-state index contributed by atoms with van der Waals surface area (Å²) in [6.45, 7) is 10.6. The molecule has 1 aliphatic carbocycles. The van der Waals surface area contributed by atoms with Crippen LogP contribution in [0, 0.1) is 12.3 Å². The van der Waals surface area contributed by atoms with Crippen LogP contribution in [0.25, 0.3) is 11.1 Å². The van der Waals surface area contributed by atoms with Gasteiger partial charge in [-0.25, -0.2) is 0 Å². The number of hydrogen-bond donors (Lipinski definition) is 1. The molecule has 1 aromatic heterocycles. The van der Waals surface area contributed by atoms with E-state index in [1.807, 2.05) is 24.9 Å². The van der Waals surface area contributed by atoms with Gasteiger partial charge in [0, 0.05) is 41.6 Å². The Kier molecular flexibility index (Phi) is 4.56. The molecule has 5 rings (SSSR count). The molecule has 1 aromatic carbocycles. The van der Waals surface area contributed by atoms with Gasteiger partial charge in [0.15, 0.2) is 11.9 Å². The Hall–Kier alpha value is -3.02. The molecule has 6 heteroatoms. The van der Waals surface area contributed by atoms with Crippen LogP contribution in [0.4, 0.5) is 0 Å². The van der Waals surface area contributed by atoms with E-state index >= 15 is 0 Å². The first-order valence-corrected chi connectivity index (χ1v) is 11.4. The molecule has 0 saturated heterocycles. The smallest absolute Gasteiger partial charge is 0.165 e. The average Bonchev–Trinajstić information content (AvgIpc) is 3.28. The van der Waals surface area contributed by atoms with E-state index in [1.165, 1.54) is 0 Å². The molecule has 3 heterocycles. The summed E-state index contributed by atoms with van der Waals surface area (Å²) in [5, 5.41) is 17.0. The number of hydrogen-bond acceptors (Lipinski definition) is 5. The Morgan fingerprint density at radius 2 is 2.00 bits per heavy atom. The second-order valence-corrected chi connectivity index (χ2v) is 10.2. The standard InChI is InChI=1S/C26H31N5O/c1-7-26(18-10-8-9-17(11-18)19-14-27-31(6)16(19)3)22-15(2)29-30-24(22)28-20-12-25(4,5)13-21(32)23(20)26/h8-11,14,24,28H,7,12-13H2,1-6H3/t24?,26-/m1/s1. The molecule has 0 amide bonds. The maximum absolute atomic E-state index is 13.7. The lowest BCUT2D eigenvalue weighted by Gasteiger charge is -2.48. The zero-order valence-electron chi connectivity index (χ0n) is 19.8. The second-order valence-electron chi connectivity index (χ2n) is 10.2. The van der Waals surface area contributed by atoms with Gasteiger partial charge < -0.3 is 5.32 Å². The lowest BCUT2D eigenvalue weighted by Crippen LogP contribution is -2.51. The maximum Gasteiger partial charge on any atom is 0.165 e. The predicted octanol–water partition coefficient (Wildman–Crippen LogP) is 5.36. The lowest BCUT2D eigenvalue weighted by molar-refractivity contribution is -0.119. The monoisotopic (exact) mass is 429 g/mol. The van der Waals surface area contributed by atoms with Gasteiger partial charge in [-0.3, -0.25) is 9.48 Å². The van der Waals surface area contributed by atoms with Crippen LogP contribution in [-0.4, -0.2) is 21.7 Å². The Labute approximate surface area is 189 Å². The van der Waals surface area contributed by atoms with E-state index in [1.54, 1.807) is 0 Å². The number of fused-ring (bicyclic) bond motifs is 1. The molecular formula is C26H31N5O. The Morgan fingerprint density at radius 3 is 2.69 bits per heavy atom. The summed E-state index contributed by atoms with van der Waals surface area (Å²) >= 11 is 0. The molecule has 6 nitrogen and oxygen atoms in total. The van der Waals surface area contributed by atoms with Gasteiger partial charge in [-0.1, -0.05) is 39.0 Å². The van der Waals surface area contributed by atoms with Crippen LogP contribution in [0.2, 0.25) is 0 Å². The summed E-state index contributed by atoms with van der Waals surface area (Å²) in [6, 6.07) is 8.63. The number of azo groups is 1. The van der Waals surface area contributed by atoms with Gasteiger partial charge in [-0.05, 0) is 49.3 Å². The number of carbonyl (C=O) groups is 1. The molecule has 1 N–H and O–H groups in total. The van der Waals surface area contributed by atoms with Crippen molar-refractivity contribution < 1.29 is 4.79 Å². The summed E-state index contributed by atoms with van der Waals surface area (Å²) in [6.07, 6.45) is 3.89. The van der Waals surface area contributed by atoms with Gasteiger partial charge >= 0.3 is 0 Å². The number of aryl methyl sites for hydroxylation is 1. The first-order valence-electron chi connectivity index (χ1n) is 11.4. The topological polar surface area (TPSA) is 71.6 Å². The van der Waals surface area contributed by atoms with Crippen LogP contribution < -0.4 is 5.32 Å². The maximum atomic E-state index is 13.7. The zero-order valence-corrected chi connectivity index (χ0v) is 19.8. The third-order valence-electron chi connectivity index (χ3n) is 7.49. The molecule has 3 aliphatic rings. The SMILES string of the molecule is CC[C@]1(c2cccc(-c3cnn(C)c3C)c2)C2=C(CC(C)(C)CC2=O)NC2N=NC(C)=C21. The fourth-order valence-electron chi connectivity index (χ4n) is 5.94. The van der Waals surface area contributed by atoms with Crippen LogP contribution in [-0.2, 0) is 17.3 Å². The van der Waals surface area contributed by atoms with E-state index in [-0.39, 0.29) is 17.4 Å². The molecule has 2 atom stereocenters. The van der Waals surface area contributed by atoms with Gasteiger partial charge in [-0.2, -0.15) is 15.3 Å². The van der Waals surface area contributed by atoms with Gasteiger partial charge in [0.05, 0.1) is 17.3 Å². The van der Waals surface area contributed by atoms with Crippen LogP contribution in [0.15, 0.2) is 63.2 Å². The minimum atomic E-state index is -0.529. The number of benzene rings is 1. The van der Waals surface area contributed by atoms with Crippen molar-refractivity contribution in [2.24, 2.45) is 22.7 Å². The van der Waals surface area contributed by atoms with Crippen molar-refractivity contribution in [3.8, 4) is 11.1 Å². The highest BCUT2D eigenvalue weighted by molar-refractivity contribution is 6.01. The van der Waals surface area contributed by atoms with E-state index in [0.717, 1.165) is 57.8 Å². The predicted molar refractivity (Wildman–Crippen MR) is 125 cm³/mol.